The molecule has 126 valence electrons. The lowest BCUT2D eigenvalue weighted by molar-refractivity contribution is 0.414. The molecule has 2 aromatic carbocycles. The van der Waals surface area contributed by atoms with Crippen molar-refractivity contribution < 1.29 is 4.74 Å². The standard InChI is InChI=1S/C19H18N4OS/c1-12-16(15-8-3-4-9-17(15)20-12)11-18-21-22-19(25)23(18)13-6-5-7-14(10-13)24-2/h3-10,20H,11H2,1-2H3,(H,22,25). The van der Waals surface area contributed by atoms with Crippen molar-refractivity contribution in [2.75, 3.05) is 7.11 Å². The fourth-order valence-electron chi connectivity index (χ4n) is 3.18. The van der Waals surface area contributed by atoms with Gasteiger partial charge in [0, 0.05) is 29.1 Å². The van der Waals surface area contributed by atoms with Crippen LogP contribution in [-0.2, 0) is 6.42 Å². The summed E-state index contributed by atoms with van der Waals surface area (Å²) >= 11 is 5.46. The number of hydrogen-bond donors (Lipinski definition) is 2. The number of benzene rings is 2. The molecule has 2 heterocycles. The maximum atomic E-state index is 5.46. The van der Waals surface area contributed by atoms with Gasteiger partial charge in [-0.3, -0.25) is 9.67 Å². The number of aromatic nitrogens is 4. The number of nitrogens with one attached hydrogen (secondary N) is 2. The van der Waals surface area contributed by atoms with Gasteiger partial charge in [-0.05, 0) is 42.9 Å². The lowest BCUT2D eigenvalue weighted by atomic mass is 10.1. The number of aryl methyl sites for hydroxylation is 1. The minimum absolute atomic E-state index is 0.570. The summed E-state index contributed by atoms with van der Waals surface area (Å²) in [4.78, 5) is 3.44. The largest absolute Gasteiger partial charge is 0.497 e. The zero-order chi connectivity index (χ0) is 17.4. The first-order valence-corrected chi connectivity index (χ1v) is 8.45. The van der Waals surface area contributed by atoms with Gasteiger partial charge < -0.3 is 9.72 Å². The van der Waals surface area contributed by atoms with E-state index in [1.165, 1.54) is 10.9 Å². The van der Waals surface area contributed by atoms with Crippen LogP contribution >= 0.6 is 12.2 Å². The number of ether oxygens (including phenoxy) is 1. The fourth-order valence-corrected chi connectivity index (χ4v) is 3.44. The van der Waals surface area contributed by atoms with E-state index >= 15 is 0 Å². The van der Waals surface area contributed by atoms with Crippen LogP contribution in [0, 0.1) is 11.7 Å². The molecule has 0 aliphatic heterocycles. The Morgan fingerprint density at radius 1 is 1.16 bits per heavy atom. The van der Waals surface area contributed by atoms with Crippen LogP contribution in [0.1, 0.15) is 17.1 Å². The second kappa shape index (κ2) is 6.22. The van der Waals surface area contributed by atoms with Gasteiger partial charge in [0.15, 0.2) is 4.77 Å². The Labute approximate surface area is 150 Å². The van der Waals surface area contributed by atoms with E-state index in [4.69, 9.17) is 17.0 Å². The first kappa shape index (κ1) is 15.7. The average molecular weight is 350 g/mol. The molecule has 0 atom stereocenters. The Morgan fingerprint density at radius 3 is 2.84 bits per heavy atom. The molecule has 0 saturated heterocycles. The highest BCUT2D eigenvalue weighted by atomic mass is 32.1. The maximum absolute atomic E-state index is 5.46. The molecule has 2 aromatic heterocycles. The molecule has 0 bridgehead atoms. The van der Waals surface area contributed by atoms with E-state index in [1.54, 1.807) is 7.11 Å². The van der Waals surface area contributed by atoms with E-state index < -0.39 is 0 Å². The molecule has 25 heavy (non-hydrogen) atoms. The topological polar surface area (TPSA) is 58.6 Å². The Bertz CT molecular complexity index is 1110. The summed E-state index contributed by atoms with van der Waals surface area (Å²) in [7, 11) is 1.66. The van der Waals surface area contributed by atoms with Crippen LogP contribution in [0.4, 0.5) is 0 Å². The summed E-state index contributed by atoms with van der Waals surface area (Å²) < 4.78 is 7.86. The van der Waals surface area contributed by atoms with Gasteiger partial charge in [0.1, 0.15) is 11.6 Å². The van der Waals surface area contributed by atoms with Crippen molar-refractivity contribution in [3.63, 3.8) is 0 Å². The van der Waals surface area contributed by atoms with Gasteiger partial charge >= 0.3 is 0 Å². The number of H-pyrrole nitrogens is 2. The zero-order valence-electron chi connectivity index (χ0n) is 14.0. The number of rotatable bonds is 4. The van der Waals surface area contributed by atoms with Crippen LogP contribution in [0.25, 0.3) is 16.6 Å². The zero-order valence-corrected chi connectivity index (χ0v) is 14.9. The number of methoxy groups -OCH3 is 1. The summed E-state index contributed by atoms with van der Waals surface area (Å²) in [6.45, 7) is 2.09. The van der Waals surface area contributed by atoms with Gasteiger partial charge in [-0.2, -0.15) is 5.10 Å². The van der Waals surface area contributed by atoms with E-state index in [-0.39, 0.29) is 0 Å². The van der Waals surface area contributed by atoms with E-state index in [1.807, 2.05) is 34.9 Å². The molecular weight excluding hydrogens is 332 g/mol. The Balaban J connectivity index is 1.82. The number of para-hydroxylation sites is 1. The molecule has 0 spiro atoms. The van der Waals surface area contributed by atoms with E-state index in [9.17, 15) is 0 Å². The van der Waals surface area contributed by atoms with E-state index in [2.05, 4.69) is 40.3 Å². The predicted octanol–water partition coefficient (Wildman–Crippen LogP) is 4.32. The van der Waals surface area contributed by atoms with Crippen molar-refractivity contribution in [2.45, 2.75) is 13.3 Å². The molecule has 4 rings (SSSR count). The summed E-state index contributed by atoms with van der Waals surface area (Å²) in [5, 5.41) is 8.59. The normalized spacial score (nSPS) is 11.1. The number of fused-ring (bicyclic) bond motifs is 1. The summed E-state index contributed by atoms with van der Waals surface area (Å²) in [5.74, 6) is 1.65. The van der Waals surface area contributed by atoms with Crippen LogP contribution < -0.4 is 4.74 Å². The molecule has 0 saturated carbocycles. The number of hydrogen-bond acceptors (Lipinski definition) is 3. The highest BCUT2D eigenvalue weighted by molar-refractivity contribution is 7.71. The van der Waals surface area contributed by atoms with Gasteiger partial charge in [0.05, 0.1) is 12.8 Å². The third kappa shape index (κ3) is 2.74. The van der Waals surface area contributed by atoms with Crippen LogP contribution in [0.2, 0.25) is 0 Å². The van der Waals surface area contributed by atoms with Crippen molar-refractivity contribution in [1.29, 1.82) is 0 Å². The highest BCUT2D eigenvalue weighted by Crippen LogP contribution is 2.25. The van der Waals surface area contributed by atoms with Crippen molar-refractivity contribution in [3.8, 4) is 11.4 Å². The van der Waals surface area contributed by atoms with Crippen molar-refractivity contribution in [3.05, 3.63) is 70.4 Å². The van der Waals surface area contributed by atoms with E-state index in [0.717, 1.165) is 28.5 Å². The van der Waals surface area contributed by atoms with Crippen molar-refractivity contribution in [2.24, 2.45) is 0 Å². The fraction of sp³-hybridized carbons (Fsp3) is 0.158. The van der Waals surface area contributed by atoms with Gasteiger partial charge in [-0.1, -0.05) is 24.3 Å². The van der Waals surface area contributed by atoms with Crippen molar-refractivity contribution in [1.82, 2.24) is 19.7 Å². The van der Waals surface area contributed by atoms with Crippen LogP contribution in [0.15, 0.2) is 48.5 Å². The highest BCUT2D eigenvalue weighted by Gasteiger charge is 2.14. The van der Waals surface area contributed by atoms with E-state index in [0.29, 0.717) is 11.2 Å². The summed E-state index contributed by atoms with van der Waals surface area (Å²) in [6.07, 6.45) is 0.681. The Kier molecular flexibility index (Phi) is 3.89. The van der Waals surface area contributed by atoms with Gasteiger partial charge in [-0.15, -0.1) is 0 Å². The molecule has 0 fully saturated rings. The number of nitrogens with zero attached hydrogens (tertiary/aromatic N) is 2. The third-order valence-electron chi connectivity index (χ3n) is 4.42. The molecule has 0 unspecified atom stereocenters. The molecule has 0 radical (unpaired) electrons. The van der Waals surface area contributed by atoms with Crippen LogP contribution in [0.3, 0.4) is 0 Å². The molecular formula is C19H18N4OS. The maximum Gasteiger partial charge on any atom is 0.199 e. The molecule has 0 amide bonds. The van der Waals surface area contributed by atoms with Gasteiger partial charge in [0.2, 0.25) is 0 Å². The second-order valence-corrected chi connectivity index (χ2v) is 6.32. The summed E-state index contributed by atoms with van der Waals surface area (Å²) in [6, 6.07) is 16.1. The predicted molar refractivity (Wildman–Crippen MR) is 101 cm³/mol. The molecule has 0 aliphatic rings. The first-order chi connectivity index (χ1) is 12.2. The third-order valence-corrected chi connectivity index (χ3v) is 4.69. The Hall–Kier alpha value is -2.86. The minimum atomic E-state index is 0.570. The van der Waals surface area contributed by atoms with Gasteiger partial charge in [0.25, 0.3) is 0 Å². The van der Waals surface area contributed by atoms with Crippen molar-refractivity contribution >= 4 is 23.1 Å². The monoisotopic (exact) mass is 350 g/mol. The van der Waals surface area contributed by atoms with Crippen LogP contribution in [-0.4, -0.2) is 26.9 Å². The SMILES string of the molecule is COc1cccc(-n2c(Cc3c(C)[nH]c4ccccc34)n[nH]c2=S)c1. The lowest BCUT2D eigenvalue weighted by Crippen LogP contribution is -2.03. The quantitative estimate of drug-likeness (QED) is 0.539. The van der Waals surface area contributed by atoms with Gasteiger partial charge in [-0.25, -0.2) is 0 Å². The average Bonchev–Trinajstić information content (AvgIpc) is 3.15. The smallest absolute Gasteiger partial charge is 0.199 e. The molecule has 2 N–H and O–H groups in total. The lowest BCUT2D eigenvalue weighted by Gasteiger charge is -2.09. The van der Waals surface area contributed by atoms with Crippen LogP contribution in [0.5, 0.6) is 5.75 Å². The molecule has 4 aromatic rings. The number of aromatic amines is 2. The second-order valence-electron chi connectivity index (χ2n) is 5.93. The molecule has 5 nitrogen and oxygen atoms in total. The molecule has 0 aliphatic carbocycles. The first-order valence-electron chi connectivity index (χ1n) is 8.04. The summed E-state index contributed by atoms with van der Waals surface area (Å²) in [5.41, 5.74) is 4.45. The minimum Gasteiger partial charge on any atom is -0.497 e. The Morgan fingerprint density at radius 2 is 2.00 bits per heavy atom. The molecule has 6 heteroatoms.